The summed E-state index contributed by atoms with van der Waals surface area (Å²) in [5.74, 6) is -0.138. The topological polar surface area (TPSA) is 81.2 Å². The van der Waals surface area contributed by atoms with Gasteiger partial charge in [0, 0.05) is 6.54 Å². The van der Waals surface area contributed by atoms with E-state index >= 15 is 0 Å². The van der Waals surface area contributed by atoms with E-state index in [2.05, 4.69) is 37.1 Å². The van der Waals surface area contributed by atoms with E-state index in [1.807, 2.05) is 35.2 Å². The lowest BCUT2D eigenvalue weighted by atomic mass is 9.69. The number of amides is 1. The van der Waals surface area contributed by atoms with Crippen LogP contribution in [0.5, 0.6) is 0 Å². The molecule has 3 aliphatic rings. The highest BCUT2D eigenvalue weighted by atomic mass is 32.2. The highest BCUT2D eigenvalue weighted by Gasteiger charge is 2.68. The van der Waals surface area contributed by atoms with Crippen LogP contribution in [-0.2, 0) is 21.2 Å². The van der Waals surface area contributed by atoms with Crippen molar-refractivity contribution < 1.29 is 17.2 Å². The Labute approximate surface area is 201 Å². The van der Waals surface area contributed by atoms with Crippen LogP contribution in [0.2, 0.25) is 0 Å². The molecule has 2 aromatic carbocycles. The Morgan fingerprint density at radius 3 is 2.35 bits per heavy atom. The fourth-order valence-electron chi connectivity index (χ4n) is 5.82. The van der Waals surface area contributed by atoms with Crippen LogP contribution in [0.1, 0.15) is 37.7 Å². The van der Waals surface area contributed by atoms with E-state index in [0.717, 1.165) is 36.0 Å². The summed E-state index contributed by atoms with van der Waals surface area (Å²) in [6.45, 7) is 4.43. The van der Waals surface area contributed by atoms with Crippen LogP contribution in [0.25, 0.3) is 11.1 Å². The van der Waals surface area contributed by atoms with Gasteiger partial charge < -0.3 is 4.90 Å². The van der Waals surface area contributed by atoms with Gasteiger partial charge in [0.25, 0.3) is 0 Å². The largest absolute Gasteiger partial charge is 0.361 e. The first-order valence-electron chi connectivity index (χ1n) is 11.9. The van der Waals surface area contributed by atoms with Crippen LogP contribution in [0.15, 0.2) is 54.6 Å². The third kappa shape index (κ3) is 3.74. The van der Waals surface area contributed by atoms with Gasteiger partial charge in [-0.05, 0) is 55.2 Å². The molecule has 1 spiro atoms. The highest BCUT2D eigenvalue weighted by molar-refractivity contribution is 7.84. The Hall–Kier alpha value is -2.98. The van der Waals surface area contributed by atoms with Crippen molar-refractivity contribution in [3.05, 3.63) is 60.2 Å². The van der Waals surface area contributed by atoms with Gasteiger partial charge in [-0.25, -0.2) is 0 Å². The van der Waals surface area contributed by atoms with Gasteiger partial charge in [0.2, 0.25) is 5.91 Å². The lowest BCUT2D eigenvalue weighted by Gasteiger charge is -2.38. The summed E-state index contributed by atoms with van der Waals surface area (Å²) in [5, 5.41) is 9.84. The number of likely N-dealkylation sites (tertiary alicyclic amines) is 1. The number of rotatable bonds is 6. The van der Waals surface area contributed by atoms with E-state index < -0.39 is 21.5 Å². The molecule has 2 aromatic rings. The van der Waals surface area contributed by atoms with Crippen molar-refractivity contribution in [2.24, 2.45) is 10.8 Å². The molecule has 2 aliphatic carbocycles. The van der Waals surface area contributed by atoms with Crippen LogP contribution >= 0.6 is 0 Å². The summed E-state index contributed by atoms with van der Waals surface area (Å²) in [6.07, 6.45) is 5.44. The van der Waals surface area contributed by atoms with Crippen molar-refractivity contribution in [2.45, 2.75) is 50.6 Å². The summed E-state index contributed by atoms with van der Waals surface area (Å²) < 4.78 is 26.4. The fraction of sp³-hybridized carbons (Fsp3) is 0.444. The molecule has 2 atom stereocenters. The van der Waals surface area contributed by atoms with Gasteiger partial charge in [-0.2, -0.15) is 13.7 Å². The second kappa shape index (κ2) is 8.06. The van der Waals surface area contributed by atoms with Crippen molar-refractivity contribution in [3.8, 4) is 17.2 Å². The molecule has 1 saturated heterocycles. The Balaban J connectivity index is 1.53. The Bertz CT molecular complexity index is 1290. The number of hydrogen-bond donors (Lipinski definition) is 0. The normalized spacial score (nSPS) is 24.3. The molecule has 3 fully saturated rings. The van der Waals surface area contributed by atoms with Crippen LogP contribution in [0, 0.1) is 22.2 Å². The number of benzene rings is 2. The molecule has 6 nitrogen and oxygen atoms in total. The second-order valence-corrected chi connectivity index (χ2v) is 12.2. The predicted octanol–water partition coefficient (Wildman–Crippen LogP) is 3.62. The van der Waals surface area contributed by atoms with Gasteiger partial charge in [-0.3, -0.25) is 4.79 Å². The maximum atomic E-state index is 13.7. The Morgan fingerprint density at radius 2 is 1.79 bits per heavy atom. The van der Waals surface area contributed by atoms with E-state index in [4.69, 9.17) is 0 Å². The van der Waals surface area contributed by atoms with E-state index in [-0.39, 0.29) is 17.4 Å². The first kappa shape index (κ1) is 22.8. The minimum atomic E-state index is -3.56. The number of sulfonamides is 1. The highest BCUT2D eigenvalue weighted by Crippen LogP contribution is 2.58. The quantitative estimate of drug-likeness (QED) is 0.471. The molecule has 1 amide bonds. The van der Waals surface area contributed by atoms with Crippen molar-refractivity contribution >= 4 is 22.6 Å². The molecule has 2 saturated carbocycles. The van der Waals surface area contributed by atoms with Gasteiger partial charge in [-0.15, -0.1) is 3.98 Å². The standard InChI is InChI=1S/C27H30N3O3S/c1-29(34(2,32)33)24-23(17-20-8-6-11-22(16-20)21-9-4-3-5-10-21)30(19-27(24)14-15-27)25(31)26(18-28)12-7-13-26/h3-6,8-11,16,23-24H,1,7,12-15,17,19H2,2H3/q+1/t23-,24+/m0/s1. The summed E-state index contributed by atoms with van der Waals surface area (Å²) in [6, 6.07) is 19.8. The summed E-state index contributed by atoms with van der Waals surface area (Å²) in [4.78, 5) is 15.6. The Kier molecular flexibility index (Phi) is 5.40. The molecule has 0 aromatic heterocycles. The average molecular weight is 477 g/mol. The minimum Gasteiger partial charge on any atom is -0.330 e. The van der Waals surface area contributed by atoms with E-state index in [9.17, 15) is 18.5 Å². The van der Waals surface area contributed by atoms with E-state index in [1.165, 1.54) is 10.2 Å². The number of carbonyl (C=O) groups excluding carboxylic acids is 1. The van der Waals surface area contributed by atoms with Crippen molar-refractivity contribution in [3.63, 3.8) is 0 Å². The third-order valence-corrected chi connectivity index (χ3v) is 9.16. The molecule has 5 rings (SSSR count). The Morgan fingerprint density at radius 1 is 1.12 bits per heavy atom. The molecule has 1 aliphatic heterocycles. The average Bonchev–Trinajstić information content (AvgIpc) is 3.49. The zero-order valence-electron chi connectivity index (χ0n) is 19.5. The van der Waals surface area contributed by atoms with Crippen molar-refractivity contribution in [1.82, 2.24) is 4.90 Å². The van der Waals surface area contributed by atoms with Crippen LogP contribution < -0.4 is 0 Å². The molecule has 0 bridgehead atoms. The van der Waals surface area contributed by atoms with E-state index in [1.54, 1.807) is 0 Å². The van der Waals surface area contributed by atoms with Crippen LogP contribution in [0.3, 0.4) is 0 Å². The van der Waals surface area contributed by atoms with Gasteiger partial charge in [0.05, 0.1) is 23.8 Å². The molecule has 0 unspecified atom stereocenters. The third-order valence-electron chi connectivity index (χ3n) is 8.08. The lowest BCUT2D eigenvalue weighted by Crippen LogP contribution is -2.52. The molecular formula is C27H30N3O3S+. The zero-order valence-corrected chi connectivity index (χ0v) is 20.3. The molecular weight excluding hydrogens is 446 g/mol. The smallest absolute Gasteiger partial charge is 0.330 e. The first-order valence-corrected chi connectivity index (χ1v) is 13.7. The predicted molar refractivity (Wildman–Crippen MR) is 131 cm³/mol. The molecule has 34 heavy (non-hydrogen) atoms. The summed E-state index contributed by atoms with van der Waals surface area (Å²) in [5.41, 5.74) is 1.98. The fourth-order valence-corrected chi connectivity index (χ4v) is 6.60. The monoisotopic (exact) mass is 476 g/mol. The van der Waals surface area contributed by atoms with Crippen molar-refractivity contribution in [1.29, 1.82) is 5.26 Å². The minimum absolute atomic E-state index is 0.138. The van der Waals surface area contributed by atoms with Gasteiger partial charge in [-0.1, -0.05) is 54.6 Å². The summed E-state index contributed by atoms with van der Waals surface area (Å²) >= 11 is 0. The zero-order chi connectivity index (χ0) is 24.1. The maximum absolute atomic E-state index is 13.7. The lowest BCUT2D eigenvalue weighted by molar-refractivity contribution is -0.422. The SMILES string of the molecule is C=[N+]([C@@H]1[C@H](Cc2cccc(-c3ccccc3)c2)N(C(=O)C2(C#N)CCC2)CC12CC2)S(C)(=O)=O. The number of carbonyl (C=O) groups is 1. The number of hydrogen-bond acceptors (Lipinski definition) is 4. The summed E-state index contributed by atoms with van der Waals surface area (Å²) in [7, 11) is -3.56. The van der Waals surface area contributed by atoms with E-state index in [0.29, 0.717) is 25.8 Å². The molecule has 0 N–H and O–H groups in total. The maximum Gasteiger partial charge on any atom is 0.361 e. The second-order valence-electron chi connectivity index (χ2n) is 10.3. The number of nitrogens with zero attached hydrogens (tertiary/aromatic N) is 3. The number of nitriles is 1. The van der Waals surface area contributed by atoms with Crippen LogP contribution in [0.4, 0.5) is 0 Å². The van der Waals surface area contributed by atoms with Gasteiger partial charge in [0.15, 0.2) is 6.04 Å². The molecule has 7 heteroatoms. The van der Waals surface area contributed by atoms with Crippen molar-refractivity contribution in [2.75, 3.05) is 12.8 Å². The first-order chi connectivity index (χ1) is 16.2. The molecule has 0 radical (unpaired) electrons. The van der Waals surface area contributed by atoms with Gasteiger partial charge >= 0.3 is 10.0 Å². The molecule has 176 valence electrons. The van der Waals surface area contributed by atoms with Crippen LogP contribution in [-0.4, -0.2) is 54.8 Å². The molecule has 1 heterocycles. The van der Waals surface area contributed by atoms with Gasteiger partial charge in [0.1, 0.15) is 12.1 Å².